The van der Waals surface area contributed by atoms with Gasteiger partial charge in [-0.05, 0) is 37.3 Å². The van der Waals surface area contributed by atoms with E-state index in [1.54, 1.807) is 24.3 Å². The Morgan fingerprint density at radius 1 is 1.25 bits per heavy atom. The fourth-order valence-corrected chi connectivity index (χ4v) is 2.98. The molecule has 20 heavy (non-hydrogen) atoms. The van der Waals surface area contributed by atoms with E-state index in [4.69, 9.17) is 0 Å². The van der Waals surface area contributed by atoms with Gasteiger partial charge in [-0.2, -0.15) is 0 Å². The first-order chi connectivity index (χ1) is 9.51. The lowest BCUT2D eigenvalue weighted by atomic mass is 10.3. The molecule has 2 rings (SSSR count). The second kappa shape index (κ2) is 6.23. The molecular weight excluding hydrogens is 342 g/mol. The van der Waals surface area contributed by atoms with Gasteiger partial charge in [0.05, 0.1) is 0 Å². The Morgan fingerprint density at radius 2 is 2.05 bits per heavy atom. The summed E-state index contributed by atoms with van der Waals surface area (Å²) < 4.78 is 27.7. The van der Waals surface area contributed by atoms with Crippen LogP contribution < -0.4 is 10.0 Å². The van der Waals surface area contributed by atoms with Crippen molar-refractivity contribution in [1.29, 1.82) is 0 Å². The molecular formula is C13H14BrN3O2S. The lowest BCUT2D eigenvalue weighted by molar-refractivity contribution is 0.601. The molecule has 0 radical (unpaired) electrons. The van der Waals surface area contributed by atoms with Gasteiger partial charge in [0.15, 0.2) is 0 Å². The molecule has 0 unspecified atom stereocenters. The van der Waals surface area contributed by atoms with Gasteiger partial charge in [-0.3, -0.25) is 4.72 Å². The summed E-state index contributed by atoms with van der Waals surface area (Å²) in [6.07, 6.45) is 1.33. The van der Waals surface area contributed by atoms with Crippen molar-refractivity contribution in [2.75, 3.05) is 16.6 Å². The van der Waals surface area contributed by atoms with Gasteiger partial charge in [0.25, 0.3) is 10.0 Å². The summed E-state index contributed by atoms with van der Waals surface area (Å²) in [6.45, 7) is 2.68. The highest BCUT2D eigenvalue weighted by Crippen LogP contribution is 2.19. The van der Waals surface area contributed by atoms with E-state index < -0.39 is 10.0 Å². The van der Waals surface area contributed by atoms with Crippen LogP contribution in [0.4, 0.5) is 11.5 Å². The molecule has 0 amide bonds. The Hall–Kier alpha value is -1.60. The molecule has 0 aliphatic rings. The highest BCUT2D eigenvalue weighted by atomic mass is 79.9. The Morgan fingerprint density at radius 3 is 2.65 bits per heavy atom. The third kappa shape index (κ3) is 3.71. The van der Waals surface area contributed by atoms with Crippen LogP contribution in [0.3, 0.4) is 0 Å². The van der Waals surface area contributed by atoms with Gasteiger partial charge in [0, 0.05) is 22.9 Å². The van der Waals surface area contributed by atoms with Gasteiger partial charge in [-0.1, -0.05) is 22.0 Å². The fourth-order valence-electron chi connectivity index (χ4n) is 1.59. The summed E-state index contributed by atoms with van der Waals surface area (Å²) in [5.74, 6) is 0.647. The summed E-state index contributed by atoms with van der Waals surface area (Å²) in [5.41, 5.74) is 0.495. The largest absolute Gasteiger partial charge is 0.370 e. The molecule has 0 saturated heterocycles. The van der Waals surface area contributed by atoms with Crippen LogP contribution in [-0.2, 0) is 10.0 Å². The van der Waals surface area contributed by atoms with Gasteiger partial charge in [-0.25, -0.2) is 13.4 Å². The predicted molar refractivity (Wildman–Crippen MR) is 83.4 cm³/mol. The average molecular weight is 356 g/mol. The number of nitrogens with one attached hydrogen (secondary N) is 2. The van der Waals surface area contributed by atoms with Crippen LogP contribution in [0.25, 0.3) is 0 Å². The lowest BCUT2D eigenvalue weighted by Crippen LogP contribution is -2.13. The molecule has 2 aromatic rings. The van der Waals surface area contributed by atoms with Crippen molar-refractivity contribution < 1.29 is 8.42 Å². The van der Waals surface area contributed by atoms with Gasteiger partial charge in [0.2, 0.25) is 0 Å². The normalized spacial score (nSPS) is 11.1. The monoisotopic (exact) mass is 355 g/mol. The first-order valence-corrected chi connectivity index (χ1v) is 8.27. The Kier molecular flexibility index (Phi) is 4.61. The minimum absolute atomic E-state index is 0.124. The highest BCUT2D eigenvalue weighted by Gasteiger charge is 2.14. The minimum atomic E-state index is -3.62. The standard InChI is InChI=1S/C13H14BrN3O2S/c1-2-15-13-7-6-12(9-16-13)20(18,19)17-11-5-3-4-10(14)8-11/h3-9,17H,2H2,1H3,(H,15,16). The number of benzene rings is 1. The zero-order valence-electron chi connectivity index (χ0n) is 10.8. The number of sulfonamides is 1. The topological polar surface area (TPSA) is 71.1 Å². The molecule has 1 heterocycles. The molecule has 5 nitrogen and oxygen atoms in total. The van der Waals surface area contributed by atoms with Gasteiger partial charge in [0.1, 0.15) is 10.7 Å². The molecule has 0 saturated carbocycles. The quantitative estimate of drug-likeness (QED) is 0.864. The van der Waals surface area contributed by atoms with Crippen molar-refractivity contribution in [3.63, 3.8) is 0 Å². The van der Waals surface area contributed by atoms with Crippen LogP contribution in [0, 0.1) is 0 Å². The highest BCUT2D eigenvalue weighted by molar-refractivity contribution is 9.10. The first kappa shape index (κ1) is 14.8. The van der Waals surface area contributed by atoms with Gasteiger partial charge < -0.3 is 5.32 Å². The van der Waals surface area contributed by atoms with Gasteiger partial charge >= 0.3 is 0 Å². The van der Waals surface area contributed by atoms with Crippen LogP contribution in [0.2, 0.25) is 0 Å². The number of pyridine rings is 1. The maximum absolute atomic E-state index is 12.2. The number of hydrogen-bond donors (Lipinski definition) is 2. The number of anilines is 2. The second-order valence-electron chi connectivity index (χ2n) is 4.03. The molecule has 0 atom stereocenters. The Labute approximate surface area is 126 Å². The van der Waals surface area contributed by atoms with E-state index in [1.807, 2.05) is 13.0 Å². The SMILES string of the molecule is CCNc1ccc(S(=O)(=O)Nc2cccc(Br)c2)cn1. The van der Waals surface area contributed by atoms with Crippen LogP contribution in [0.15, 0.2) is 52.0 Å². The minimum Gasteiger partial charge on any atom is -0.370 e. The van der Waals surface area contributed by atoms with Crippen molar-refractivity contribution >= 4 is 37.5 Å². The number of halogens is 1. The van der Waals surface area contributed by atoms with Crippen molar-refractivity contribution in [1.82, 2.24) is 4.98 Å². The average Bonchev–Trinajstić information content (AvgIpc) is 2.39. The number of aromatic nitrogens is 1. The molecule has 1 aromatic carbocycles. The molecule has 0 fully saturated rings. The van der Waals surface area contributed by atoms with E-state index in [-0.39, 0.29) is 4.90 Å². The van der Waals surface area contributed by atoms with Gasteiger partial charge in [-0.15, -0.1) is 0 Å². The molecule has 2 N–H and O–H groups in total. The van der Waals surface area contributed by atoms with Crippen molar-refractivity contribution in [2.24, 2.45) is 0 Å². The number of hydrogen-bond acceptors (Lipinski definition) is 4. The molecule has 106 valence electrons. The summed E-state index contributed by atoms with van der Waals surface area (Å²) in [4.78, 5) is 4.18. The number of rotatable bonds is 5. The molecule has 0 aliphatic carbocycles. The Bertz CT molecular complexity index is 687. The maximum Gasteiger partial charge on any atom is 0.263 e. The fraction of sp³-hybridized carbons (Fsp3) is 0.154. The van der Waals surface area contributed by atoms with E-state index in [0.29, 0.717) is 11.5 Å². The molecule has 7 heteroatoms. The van der Waals surface area contributed by atoms with Crippen molar-refractivity contribution in [3.8, 4) is 0 Å². The predicted octanol–water partition coefficient (Wildman–Crippen LogP) is 3.08. The maximum atomic E-state index is 12.2. The van der Waals surface area contributed by atoms with Crippen molar-refractivity contribution in [3.05, 3.63) is 47.1 Å². The summed E-state index contributed by atoms with van der Waals surface area (Å²) >= 11 is 3.30. The molecule has 0 aliphatic heterocycles. The first-order valence-electron chi connectivity index (χ1n) is 5.99. The van der Waals surface area contributed by atoms with E-state index in [0.717, 1.165) is 11.0 Å². The van der Waals surface area contributed by atoms with E-state index in [1.165, 1.54) is 12.3 Å². The zero-order valence-corrected chi connectivity index (χ0v) is 13.2. The molecule has 0 bridgehead atoms. The summed E-state index contributed by atoms with van der Waals surface area (Å²) in [5, 5.41) is 3.01. The third-order valence-corrected chi connectivity index (χ3v) is 4.34. The zero-order chi connectivity index (χ0) is 14.6. The smallest absolute Gasteiger partial charge is 0.263 e. The van der Waals surface area contributed by atoms with Crippen LogP contribution in [0.1, 0.15) is 6.92 Å². The van der Waals surface area contributed by atoms with Crippen molar-refractivity contribution in [2.45, 2.75) is 11.8 Å². The second-order valence-corrected chi connectivity index (χ2v) is 6.62. The lowest BCUT2D eigenvalue weighted by Gasteiger charge is -2.09. The molecule has 1 aromatic heterocycles. The van der Waals surface area contributed by atoms with E-state index in [9.17, 15) is 8.42 Å². The summed E-state index contributed by atoms with van der Waals surface area (Å²) in [7, 11) is -3.62. The van der Waals surface area contributed by atoms with Crippen LogP contribution >= 0.6 is 15.9 Å². The van der Waals surface area contributed by atoms with Crippen LogP contribution in [-0.4, -0.2) is 19.9 Å². The molecule has 0 spiro atoms. The van der Waals surface area contributed by atoms with E-state index >= 15 is 0 Å². The van der Waals surface area contributed by atoms with Crippen LogP contribution in [0.5, 0.6) is 0 Å². The number of nitrogens with zero attached hydrogens (tertiary/aromatic N) is 1. The Balaban J connectivity index is 2.21. The third-order valence-electron chi connectivity index (χ3n) is 2.48. The summed E-state index contributed by atoms with van der Waals surface area (Å²) in [6, 6.07) is 10.1. The van der Waals surface area contributed by atoms with E-state index in [2.05, 4.69) is 31.0 Å².